The van der Waals surface area contributed by atoms with Gasteiger partial charge in [-0.25, -0.2) is 0 Å². The van der Waals surface area contributed by atoms with E-state index in [-0.39, 0.29) is 0 Å². The van der Waals surface area contributed by atoms with Gasteiger partial charge in [0.25, 0.3) is 0 Å². The zero-order valence-corrected chi connectivity index (χ0v) is 11.7. The topological polar surface area (TPSA) is 31.4 Å². The molecule has 2 rings (SSSR count). The minimum atomic E-state index is 0.681. The summed E-state index contributed by atoms with van der Waals surface area (Å²) in [4.78, 5) is 9.30. The first kappa shape index (κ1) is 13.3. The molecular weight excluding hydrogens is 224 g/mol. The fraction of sp³-hybridized carbons (Fsp3) is 0.643. The molecule has 2 heterocycles. The van der Waals surface area contributed by atoms with Gasteiger partial charge in [-0.2, -0.15) is 0 Å². The molecule has 1 unspecified atom stereocenters. The van der Waals surface area contributed by atoms with Crippen LogP contribution in [0.3, 0.4) is 0 Å². The van der Waals surface area contributed by atoms with Crippen LogP contribution in [0.5, 0.6) is 0 Å². The number of pyridine rings is 1. The molecule has 1 aromatic rings. The van der Waals surface area contributed by atoms with E-state index in [1.165, 1.54) is 19.4 Å². The van der Waals surface area contributed by atoms with Gasteiger partial charge >= 0.3 is 0 Å². The molecule has 0 radical (unpaired) electrons. The van der Waals surface area contributed by atoms with Gasteiger partial charge < -0.3 is 10.2 Å². The molecule has 4 heteroatoms. The van der Waals surface area contributed by atoms with Crippen molar-refractivity contribution in [3.8, 4) is 0 Å². The van der Waals surface area contributed by atoms with E-state index in [1.54, 1.807) is 0 Å². The highest BCUT2D eigenvalue weighted by atomic mass is 15.2. The number of anilines is 1. The second-order valence-electron chi connectivity index (χ2n) is 5.31. The average Bonchev–Trinajstić information content (AvgIpc) is 2.76. The van der Waals surface area contributed by atoms with E-state index in [4.69, 9.17) is 0 Å². The molecule has 100 valence electrons. The van der Waals surface area contributed by atoms with Crippen LogP contribution in [0.25, 0.3) is 0 Å². The molecule has 0 saturated carbocycles. The quantitative estimate of drug-likeness (QED) is 0.858. The number of aromatic nitrogens is 1. The highest BCUT2D eigenvalue weighted by Crippen LogP contribution is 2.20. The SMILES string of the molecule is CNc1ccnc(CN2CCCC2CN(C)C)c1. The molecule has 4 nitrogen and oxygen atoms in total. The fourth-order valence-corrected chi connectivity index (χ4v) is 2.66. The number of nitrogens with zero attached hydrogens (tertiary/aromatic N) is 3. The molecule has 1 N–H and O–H groups in total. The third kappa shape index (κ3) is 3.43. The largest absolute Gasteiger partial charge is 0.388 e. The van der Waals surface area contributed by atoms with E-state index in [2.05, 4.69) is 40.3 Å². The van der Waals surface area contributed by atoms with E-state index < -0.39 is 0 Å². The Kier molecular flexibility index (Phi) is 4.55. The van der Waals surface area contributed by atoms with Crippen LogP contribution >= 0.6 is 0 Å². The van der Waals surface area contributed by atoms with Crippen molar-refractivity contribution in [1.29, 1.82) is 0 Å². The highest BCUT2D eigenvalue weighted by Gasteiger charge is 2.25. The Bertz CT molecular complexity index is 378. The van der Waals surface area contributed by atoms with Crippen molar-refractivity contribution in [2.24, 2.45) is 0 Å². The van der Waals surface area contributed by atoms with Crippen LogP contribution in [-0.2, 0) is 6.54 Å². The molecule has 1 aromatic heterocycles. The van der Waals surface area contributed by atoms with Gasteiger partial charge in [0.05, 0.1) is 5.69 Å². The van der Waals surface area contributed by atoms with Gasteiger partial charge in [-0.1, -0.05) is 0 Å². The summed E-state index contributed by atoms with van der Waals surface area (Å²) in [6, 6.07) is 4.83. The van der Waals surface area contributed by atoms with Crippen molar-refractivity contribution in [2.45, 2.75) is 25.4 Å². The molecule has 0 bridgehead atoms. The van der Waals surface area contributed by atoms with Gasteiger partial charge in [-0.3, -0.25) is 9.88 Å². The van der Waals surface area contributed by atoms with Gasteiger partial charge in [-0.05, 0) is 45.6 Å². The van der Waals surface area contributed by atoms with E-state index in [0.717, 1.165) is 24.5 Å². The maximum Gasteiger partial charge on any atom is 0.0564 e. The predicted octanol–water partition coefficient (Wildman–Crippen LogP) is 1.65. The van der Waals surface area contributed by atoms with Crippen molar-refractivity contribution >= 4 is 5.69 Å². The summed E-state index contributed by atoms with van der Waals surface area (Å²) in [7, 11) is 6.25. The van der Waals surface area contributed by atoms with E-state index in [1.807, 2.05) is 19.3 Å². The molecule has 1 atom stereocenters. The lowest BCUT2D eigenvalue weighted by Crippen LogP contribution is -2.37. The van der Waals surface area contributed by atoms with E-state index in [9.17, 15) is 0 Å². The number of rotatable bonds is 5. The van der Waals surface area contributed by atoms with Gasteiger partial charge in [0.15, 0.2) is 0 Å². The van der Waals surface area contributed by atoms with Crippen LogP contribution in [0.2, 0.25) is 0 Å². The average molecular weight is 248 g/mol. The number of nitrogens with one attached hydrogen (secondary N) is 1. The van der Waals surface area contributed by atoms with Gasteiger partial charge in [0.2, 0.25) is 0 Å². The van der Waals surface area contributed by atoms with Crippen molar-refractivity contribution < 1.29 is 0 Å². The lowest BCUT2D eigenvalue weighted by Gasteiger charge is -2.26. The Balaban J connectivity index is 1.98. The minimum absolute atomic E-state index is 0.681. The van der Waals surface area contributed by atoms with Crippen LogP contribution in [-0.4, -0.2) is 55.1 Å². The first-order chi connectivity index (χ1) is 8.69. The monoisotopic (exact) mass is 248 g/mol. The third-order valence-corrected chi connectivity index (χ3v) is 3.55. The number of likely N-dealkylation sites (tertiary alicyclic amines) is 1. The van der Waals surface area contributed by atoms with Crippen LogP contribution in [0, 0.1) is 0 Å². The Morgan fingerprint density at radius 3 is 3.06 bits per heavy atom. The lowest BCUT2D eigenvalue weighted by molar-refractivity contribution is 0.199. The van der Waals surface area contributed by atoms with E-state index in [0.29, 0.717) is 6.04 Å². The zero-order valence-electron chi connectivity index (χ0n) is 11.7. The molecule has 0 spiro atoms. The van der Waals surface area contributed by atoms with Crippen LogP contribution in [0.4, 0.5) is 5.69 Å². The number of hydrogen-bond acceptors (Lipinski definition) is 4. The number of likely N-dealkylation sites (N-methyl/N-ethyl adjacent to an activating group) is 1. The Morgan fingerprint density at radius 2 is 2.33 bits per heavy atom. The van der Waals surface area contributed by atoms with E-state index >= 15 is 0 Å². The molecule has 0 aromatic carbocycles. The Labute approximate surface area is 110 Å². The van der Waals surface area contributed by atoms with Crippen LogP contribution in [0.1, 0.15) is 18.5 Å². The maximum absolute atomic E-state index is 4.47. The summed E-state index contributed by atoms with van der Waals surface area (Å²) >= 11 is 0. The Morgan fingerprint density at radius 1 is 1.50 bits per heavy atom. The van der Waals surface area contributed by atoms with Crippen molar-refractivity contribution in [1.82, 2.24) is 14.8 Å². The van der Waals surface area contributed by atoms with Gasteiger partial charge in [-0.15, -0.1) is 0 Å². The summed E-state index contributed by atoms with van der Waals surface area (Å²) in [6.45, 7) is 3.31. The molecule has 1 fully saturated rings. The van der Waals surface area contributed by atoms with Crippen molar-refractivity contribution in [2.75, 3.05) is 39.5 Å². The Hall–Kier alpha value is -1.13. The van der Waals surface area contributed by atoms with Crippen molar-refractivity contribution in [3.63, 3.8) is 0 Å². The smallest absolute Gasteiger partial charge is 0.0564 e. The summed E-state index contributed by atoms with van der Waals surface area (Å²) < 4.78 is 0. The first-order valence-corrected chi connectivity index (χ1v) is 6.70. The fourth-order valence-electron chi connectivity index (χ4n) is 2.66. The second-order valence-corrected chi connectivity index (χ2v) is 5.31. The van der Waals surface area contributed by atoms with Gasteiger partial charge in [0.1, 0.15) is 0 Å². The highest BCUT2D eigenvalue weighted by molar-refractivity contribution is 5.42. The minimum Gasteiger partial charge on any atom is -0.388 e. The first-order valence-electron chi connectivity index (χ1n) is 6.70. The summed E-state index contributed by atoms with van der Waals surface area (Å²) in [5.41, 5.74) is 2.30. The standard InChI is InChI=1S/C14H24N4/c1-15-12-6-7-16-13(9-12)10-18-8-4-5-14(18)11-17(2)3/h6-7,9,14H,4-5,8,10-11H2,1-3H3,(H,15,16). The molecule has 18 heavy (non-hydrogen) atoms. The lowest BCUT2D eigenvalue weighted by atomic mass is 10.2. The van der Waals surface area contributed by atoms with Crippen molar-refractivity contribution in [3.05, 3.63) is 24.0 Å². The predicted molar refractivity (Wildman–Crippen MR) is 75.8 cm³/mol. The van der Waals surface area contributed by atoms with Gasteiger partial charge in [0, 0.05) is 38.1 Å². The molecule has 1 aliphatic heterocycles. The maximum atomic E-state index is 4.47. The zero-order chi connectivity index (χ0) is 13.0. The number of hydrogen-bond donors (Lipinski definition) is 1. The molecule has 0 amide bonds. The third-order valence-electron chi connectivity index (χ3n) is 3.55. The summed E-state index contributed by atoms with van der Waals surface area (Å²) in [5.74, 6) is 0. The summed E-state index contributed by atoms with van der Waals surface area (Å²) in [5, 5.41) is 3.17. The molecule has 1 aliphatic rings. The van der Waals surface area contributed by atoms with Crippen LogP contribution < -0.4 is 5.32 Å². The second kappa shape index (κ2) is 6.16. The normalized spacial score (nSPS) is 20.6. The molecule has 1 saturated heterocycles. The summed E-state index contributed by atoms with van der Waals surface area (Å²) in [6.07, 6.45) is 4.51. The molecular formula is C14H24N4. The van der Waals surface area contributed by atoms with Crippen LogP contribution in [0.15, 0.2) is 18.3 Å². The molecule has 0 aliphatic carbocycles.